The molecule has 3 aromatic rings. The van der Waals surface area contributed by atoms with Crippen molar-refractivity contribution in [1.82, 2.24) is 0 Å². The molecule has 1 amide bonds. The number of methoxy groups -OCH3 is 1. The second kappa shape index (κ2) is 7.59. The smallest absolute Gasteiger partial charge is 0.313 e. The summed E-state index contributed by atoms with van der Waals surface area (Å²) in [5.41, 5.74) is 2.87. The molecular weight excluding hydrogens is 366 g/mol. The maximum Gasteiger partial charge on any atom is 0.313 e. The number of carbonyl (C=O) groups excluding carboxylic acids is 2. The van der Waals surface area contributed by atoms with E-state index in [9.17, 15) is 9.59 Å². The molecule has 1 aliphatic heterocycles. The maximum absolute atomic E-state index is 12.4. The highest BCUT2D eigenvalue weighted by Crippen LogP contribution is 2.43. The largest absolute Gasteiger partial charge is 0.493 e. The molecule has 0 fully saturated rings. The van der Waals surface area contributed by atoms with Gasteiger partial charge in [-0.2, -0.15) is 0 Å². The number of rotatable bonds is 4. The fraction of sp³-hybridized carbons (Fsp3) is 0.250. The minimum absolute atomic E-state index is 0.0212. The Morgan fingerprint density at radius 2 is 1.86 bits per heavy atom. The van der Waals surface area contributed by atoms with E-state index in [0.29, 0.717) is 17.9 Å². The van der Waals surface area contributed by atoms with Crippen molar-refractivity contribution in [2.45, 2.75) is 26.2 Å². The van der Waals surface area contributed by atoms with Gasteiger partial charge in [-0.15, -0.1) is 0 Å². The molecule has 0 saturated heterocycles. The lowest BCUT2D eigenvalue weighted by Crippen LogP contribution is -2.23. The summed E-state index contributed by atoms with van der Waals surface area (Å²) in [7, 11) is 1.54. The van der Waals surface area contributed by atoms with Crippen LogP contribution in [0.4, 0.5) is 5.69 Å². The molecule has 3 aromatic carbocycles. The highest BCUT2D eigenvalue weighted by molar-refractivity contribution is 6.01. The van der Waals surface area contributed by atoms with Crippen molar-refractivity contribution in [3.8, 4) is 11.5 Å². The van der Waals surface area contributed by atoms with E-state index in [-0.39, 0.29) is 23.7 Å². The molecule has 0 spiro atoms. The van der Waals surface area contributed by atoms with Gasteiger partial charge in [-0.1, -0.05) is 50.2 Å². The number of hydrogen-bond donors (Lipinski definition) is 1. The van der Waals surface area contributed by atoms with E-state index in [0.717, 1.165) is 27.6 Å². The van der Waals surface area contributed by atoms with Crippen LogP contribution in [0.5, 0.6) is 11.5 Å². The second-order valence-corrected chi connectivity index (χ2v) is 7.54. The molecule has 0 bridgehead atoms. The van der Waals surface area contributed by atoms with Crippen LogP contribution in [0.1, 0.15) is 37.3 Å². The number of benzene rings is 3. The fourth-order valence-corrected chi connectivity index (χ4v) is 3.76. The summed E-state index contributed by atoms with van der Waals surface area (Å²) in [6, 6.07) is 17.6. The van der Waals surface area contributed by atoms with Gasteiger partial charge in [-0.3, -0.25) is 9.59 Å². The summed E-state index contributed by atoms with van der Waals surface area (Å²) < 4.78 is 10.9. The molecule has 1 heterocycles. The number of fused-ring (bicyclic) bond motifs is 3. The molecular formula is C24H23NO4. The van der Waals surface area contributed by atoms with E-state index >= 15 is 0 Å². The Labute approximate surface area is 169 Å². The Morgan fingerprint density at radius 3 is 2.62 bits per heavy atom. The lowest BCUT2D eigenvalue weighted by molar-refractivity contribution is -0.137. The molecule has 0 radical (unpaired) electrons. The molecule has 5 nitrogen and oxygen atoms in total. The Morgan fingerprint density at radius 1 is 1.07 bits per heavy atom. The first-order valence-corrected chi connectivity index (χ1v) is 9.69. The van der Waals surface area contributed by atoms with Gasteiger partial charge >= 0.3 is 5.97 Å². The van der Waals surface area contributed by atoms with Gasteiger partial charge in [-0.05, 0) is 40.1 Å². The monoisotopic (exact) mass is 389 g/mol. The topological polar surface area (TPSA) is 64.6 Å². The molecule has 0 saturated carbocycles. The number of carbonyl (C=O) groups is 2. The van der Waals surface area contributed by atoms with E-state index in [4.69, 9.17) is 9.47 Å². The molecule has 1 N–H and O–H groups in total. The number of anilines is 1. The minimum Gasteiger partial charge on any atom is -0.493 e. The Hall–Kier alpha value is -3.34. The number of ether oxygens (including phenoxy) is 2. The normalized spacial score (nSPS) is 15.7. The van der Waals surface area contributed by atoms with Crippen molar-refractivity contribution >= 4 is 28.3 Å². The van der Waals surface area contributed by atoms with Gasteiger partial charge in [-0.25, -0.2) is 0 Å². The maximum atomic E-state index is 12.4. The summed E-state index contributed by atoms with van der Waals surface area (Å²) in [6.45, 7) is 3.57. The summed E-state index contributed by atoms with van der Waals surface area (Å²) in [5.74, 6) is 0.169. The predicted molar refractivity (Wildman–Crippen MR) is 113 cm³/mol. The van der Waals surface area contributed by atoms with Crippen LogP contribution in [0, 0.1) is 5.92 Å². The van der Waals surface area contributed by atoms with Crippen molar-refractivity contribution in [3.05, 3.63) is 65.7 Å². The van der Waals surface area contributed by atoms with E-state index in [1.54, 1.807) is 27.0 Å². The van der Waals surface area contributed by atoms with Gasteiger partial charge in [0.05, 0.1) is 13.0 Å². The number of esters is 1. The third kappa shape index (κ3) is 3.56. The summed E-state index contributed by atoms with van der Waals surface area (Å²) in [6.07, 6.45) is 0.343. The minimum atomic E-state index is -0.315. The zero-order chi connectivity index (χ0) is 20.5. The average molecular weight is 389 g/mol. The van der Waals surface area contributed by atoms with Crippen molar-refractivity contribution in [3.63, 3.8) is 0 Å². The summed E-state index contributed by atoms with van der Waals surface area (Å²) in [4.78, 5) is 24.4. The molecule has 0 unspecified atom stereocenters. The predicted octanol–water partition coefficient (Wildman–Crippen LogP) is 4.88. The molecule has 0 aliphatic carbocycles. The van der Waals surface area contributed by atoms with Crippen LogP contribution in [-0.4, -0.2) is 19.0 Å². The van der Waals surface area contributed by atoms with Crippen molar-refractivity contribution in [2.24, 2.45) is 5.92 Å². The van der Waals surface area contributed by atoms with E-state index < -0.39 is 0 Å². The number of hydrogen-bond acceptors (Lipinski definition) is 4. The van der Waals surface area contributed by atoms with Gasteiger partial charge in [0.1, 0.15) is 0 Å². The van der Waals surface area contributed by atoms with E-state index in [1.807, 2.05) is 36.4 Å². The van der Waals surface area contributed by atoms with Crippen molar-refractivity contribution in [2.75, 3.05) is 12.4 Å². The lowest BCUT2D eigenvalue weighted by Gasteiger charge is -2.28. The van der Waals surface area contributed by atoms with Gasteiger partial charge in [0, 0.05) is 18.0 Å². The van der Waals surface area contributed by atoms with Crippen molar-refractivity contribution in [1.29, 1.82) is 0 Å². The van der Waals surface area contributed by atoms with E-state index in [2.05, 4.69) is 17.4 Å². The average Bonchev–Trinajstić information content (AvgIpc) is 2.73. The van der Waals surface area contributed by atoms with Crippen LogP contribution >= 0.6 is 0 Å². The van der Waals surface area contributed by atoms with Gasteiger partial charge in [0.2, 0.25) is 5.91 Å². The molecule has 5 heteroatoms. The SMILES string of the molecule is COc1cc([C@H]2CC(=O)Nc3ccc4ccccc4c32)ccc1OC(=O)C(C)C. The van der Waals surface area contributed by atoms with Crippen molar-refractivity contribution < 1.29 is 19.1 Å². The first-order valence-electron chi connectivity index (χ1n) is 9.69. The third-order valence-corrected chi connectivity index (χ3v) is 5.25. The second-order valence-electron chi connectivity index (χ2n) is 7.54. The first-order chi connectivity index (χ1) is 14.0. The molecule has 29 heavy (non-hydrogen) atoms. The van der Waals surface area contributed by atoms with Crippen LogP contribution in [-0.2, 0) is 9.59 Å². The zero-order valence-electron chi connectivity index (χ0n) is 16.7. The van der Waals surface area contributed by atoms with Crippen LogP contribution < -0.4 is 14.8 Å². The first kappa shape index (κ1) is 19.0. The van der Waals surface area contributed by atoms with Gasteiger partial charge in [0.15, 0.2) is 11.5 Å². The van der Waals surface area contributed by atoms with Crippen LogP contribution in [0.3, 0.4) is 0 Å². The lowest BCUT2D eigenvalue weighted by atomic mass is 9.82. The van der Waals surface area contributed by atoms with Crippen LogP contribution in [0.2, 0.25) is 0 Å². The van der Waals surface area contributed by atoms with Crippen LogP contribution in [0.15, 0.2) is 54.6 Å². The molecule has 148 valence electrons. The molecule has 1 atom stereocenters. The van der Waals surface area contributed by atoms with Gasteiger partial charge in [0.25, 0.3) is 0 Å². The third-order valence-electron chi connectivity index (χ3n) is 5.25. The summed E-state index contributed by atoms with van der Waals surface area (Å²) >= 11 is 0. The Balaban J connectivity index is 1.80. The van der Waals surface area contributed by atoms with Crippen LogP contribution in [0.25, 0.3) is 10.8 Å². The molecule has 4 rings (SSSR count). The Bertz CT molecular complexity index is 1100. The molecule has 0 aromatic heterocycles. The zero-order valence-corrected chi connectivity index (χ0v) is 16.7. The number of amides is 1. The Kier molecular flexibility index (Phi) is 4.97. The standard InChI is InChI=1S/C24H23NO4/c1-14(2)24(27)29-20-11-9-16(12-21(20)28-3)18-13-22(26)25-19-10-8-15-6-4-5-7-17(15)23(18)19/h4-12,14,18H,13H2,1-3H3,(H,25,26)/t18-/m1/s1. The quantitative estimate of drug-likeness (QED) is 0.510. The van der Waals surface area contributed by atoms with E-state index in [1.165, 1.54) is 0 Å². The highest BCUT2D eigenvalue weighted by Gasteiger charge is 2.29. The highest BCUT2D eigenvalue weighted by atomic mass is 16.6. The molecule has 1 aliphatic rings. The van der Waals surface area contributed by atoms with Gasteiger partial charge < -0.3 is 14.8 Å². The number of nitrogens with one attached hydrogen (secondary N) is 1. The summed E-state index contributed by atoms with van der Waals surface area (Å²) in [5, 5.41) is 5.23. The fourth-order valence-electron chi connectivity index (χ4n) is 3.76.